The molecule has 2 N–H and O–H groups in total. The Balaban J connectivity index is 1.56. The Bertz CT molecular complexity index is 498. The van der Waals surface area contributed by atoms with Gasteiger partial charge in [-0.25, -0.2) is 0 Å². The zero-order valence-electron chi connectivity index (χ0n) is 12.5. The van der Waals surface area contributed by atoms with E-state index < -0.39 is 0 Å². The number of rotatable bonds is 6. The van der Waals surface area contributed by atoms with Crippen LogP contribution in [0.15, 0.2) is 12.4 Å². The third-order valence-electron chi connectivity index (χ3n) is 4.44. The van der Waals surface area contributed by atoms with Crippen LogP contribution in [0.3, 0.4) is 0 Å². The average molecular weight is 292 g/mol. The first kappa shape index (κ1) is 14.5. The second-order valence-corrected chi connectivity index (χ2v) is 6.23. The Kier molecular flexibility index (Phi) is 4.26. The molecule has 3 rings (SSSR count). The van der Waals surface area contributed by atoms with E-state index >= 15 is 0 Å². The Morgan fingerprint density at radius 2 is 2.29 bits per heavy atom. The first-order chi connectivity index (χ1) is 10.2. The molecule has 6 heteroatoms. The number of aliphatic hydroxyl groups is 1. The molecule has 0 radical (unpaired) electrons. The summed E-state index contributed by atoms with van der Waals surface area (Å²) in [4.78, 5) is 14.2. The van der Waals surface area contributed by atoms with Gasteiger partial charge in [0.25, 0.3) is 0 Å². The van der Waals surface area contributed by atoms with E-state index in [0.717, 1.165) is 39.0 Å². The van der Waals surface area contributed by atoms with Crippen LogP contribution >= 0.6 is 0 Å². The highest BCUT2D eigenvalue weighted by molar-refractivity contribution is 5.81. The fourth-order valence-corrected chi connectivity index (χ4v) is 3.00. The quantitative estimate of drug-likeness (QED) is 0.787. The summed E-state index contributed by atoms with van der Waals surface area (Å²) in [6.45, 7) is 5.52. The van der Waals surface area contributed by atoms with Crippen LogP contribution in [0.1, 0.15) is 25.3 Å². The van der Waals surface area contributed by atoms with E-state index in [4.69, 9.17) is 0 Å². The summed E-state index contributed by atoms with van der Waals surface area (Å²) in [6.07, 6.45) is 5.99. The number of carbonyl (C=O) groups excluding carboxylic acids is 1. The third-order valence-corrected chi connectivity index (χ3v) is 4.44. The number of likely N-dealkylation sites (tertiary alicyclic amines) is 1. The number of nitrogens with zero attached hydrogens (tertiary/aromatic N) is 3. The van der Waals surface area contributed by atoms with Crippen LogP contribution in [0.25, 0.3) is 0 Å². The molecule has 1 aliphatic carbocycles. The lowest BCUT2D eigenvalue weighted by Crippen LogP contribution is -2.42. The molecule has 0 spiro atoms. The van der Waals surface area contributed by atoms with E-state index in [9.17, 15) is 9.90 Å². The van der Waals surface area contributed by atoms with Gasteiger partial charge in [-0.2, -0.15) is 5.10 Å². The topological polar surface area (TPSA) is 70.4 Å². The van der Waals surface area contributed by atoms with Gasteiger partial charge in [0.15, 0.2) is 0 Å². The molecule has 2 atom stereocenters. The van der Waals surface area contributed by atoms with Crippen molar-refractivity contribution in [2.45, 2.75) is 38.9 Å². The zero-order chi connectivity index (χ0) is 14.8. The molecule has 0 unspecified atom stereocenters. The number of aryl methyl sites for hydroxylation is 1. The highest BCUT2D eigenvalue weighted by Crippen LogP contribution is 2.29. The molecule has 2 aliphatic rings. The maximum atomic E-state index is 11.9. The first-order valence-electron chi connectivity index (χ1n) is 7.84. The summed E-state index contributed by atoms with van der Waals surface area (Å²) in [7, 11) is 0. The van der Waals surface area contributed by atoms with Crippen molar-refractivity contribution in [3.8, 4) is 0 Å². The van der Waals surface area contributed by atoms with E-state index in [0.29, 0.717) is 0 Å². The lowest BCUT2D eigenvalue weighted by atomic mass is 10.1. The van der Waals surface area contributed by atoms with Gasteiger partial charge in [0.1, 0.15) is 0 Å². The molecule has 1 saturated heterocycles. The van der Waals surface area contributed by atoms with Gasteiger partial charge in [0.05, 0.1) is 6.20 Å². The van der Waals surface area contributed by atoms with E-state index in [1.54, 1.807) is 0 Å². The summed E-state index contributed by atoms with van der Waals surface area (Å²) in [5.74, 6) is 0.522. The highest BCUT2D eigenvalue weighted by Gasteiger charge is 2.37. The zero-order valence-corrected chi connectivity index (χ0v) is 12.5. The molecular weight excluding hydrogens is 268 g/mol. The normalized spacial score (nSPS) is 26.2. The standard InChI is InChI=1S/C15H24N4O2/c1-2-19-7-11(5-16-19)6-18-8-13(10-20)14(9-18)17-15(21)12-3-4-12/h5,7,12-14,20H,2-4,6,8-10H2,1H3,(H,17,21)/t13-,14+/m0/s1. The van der Waals surface area contributed by atoms with Gasteiger partial charge in [-0.05, 0) is 19.8 Å². The van der Waals surface area contributed by atoms with Crippen molar-refractivity contribution in [2.24, 2.45) is 11.8 Å². The van der Waals surface area contributed by atoms with Crippen LogP contribution < -0.4 is 5.32 Å². The highest BCUT2D eigenvalue weighted by atomic mass is 16.3. The van der Waals surface area contributed by atoms with Crippen LogP contribution in [0.2, 0.25) is 0 Å². The molecular formula is C15H24N4O2. The van der Waals surface area contributed by atoms with E-state index in [1.165, 1.54) is 5.56 Å². The van der Waals surface area contributed by atoms with Crippen molar-refractivity contribution in [3.05, 3.63) is 18.0 Å². The predicted molar refractivity (Wildman–Crippen MR) is 78.4 cm³/mol. The molecule has 1 aromatic heterocycles. The third kappa shape index (κ3) is 3.44. The minimum absolute atomic E-state index is 0.0734. The summed E-state index contributed by atoms with van der Waals surface area (Å²) in [6, 6.07) is 0.0734. The van der Waals surface area contributed by atoms with Gasteiger partial charge in [-0.15, -0.1) is 0 Å². The second kappa shape index (κ2) is 6.15. The van der Waals surface area contributed by atoms with E-state index in [-0.39, 0.29) is 30.4 Å². The largest absolute Gasteiger partial charge is 0.396 e. The predicted octanol–water partition coefficient (Wildman–Crippen LogP) is 0.222. The fourth-order valence-electron chi connectivity index (χ4n) is 3.00. The summed E-state index contributed by atoms with van der Waals surface area (Å²) in [5.41, 5.74) is 1.18. The number of aliphatic hydroxyl groups excluding tert-OH is 1. The number of hydrogen-bond donors (Lipinski definition) is 2. The SMILES string of the molecule is CCn1cc(CN2C[C@@H](CO)[C@H](NC(=O)C3CC3)C2)cn1. The molecule has 2 fully saturated rings. The van der Waals surface area contributed by atoms with E-state index in [2.05, 4.69) is 28.4 Å². The van der Waals surface area contributed by atoms with Crippen molar-refractivity contribution in [1.82, 2.24) is 20.0 Å². The van der Waals surface area contributed by atoms with Gasteiger partial charge in [-0.1, -0.05) is 0 Å². The van der Waals surface area contributed by atoms with Crippen LogP contribution in [-0.2, 0) is 17.9 Å². The van der Waals surface area contributed by atoms with E-state index in [1.807, 2.05) is 10.9 Å². The number of nitrogens with one attached hydrogen (secondary N) is 1. The van der Waals surface area contributed by atoms with Crippen molar-refractivity contribution in [2.75, 3.05) is 19.7 Å². The Morgan fingerprint density at radius 1 is 1.48 bits per heavy atom. The van der Waals surface area contributed by atoms with Crippen LogP contribution in [0, 0.1) is 11.8 Å². The van der Waals surface area contributed by atoms with Crippen molar-refractivity contribution in [1.29, 1.82) is 0 Å². The molecule has 0 bridgehead atoms. The van der Waals surface area contributed by atoms with Gasteiger partial charge in [0, 0.05) is 62.4 Å². The Hall–Kier alpha value is -1.40. The van der Waals surface area contributed by atoms with Crippen molar-refractivity contribution >= 4 is 5.91 Å². The fraction of sp³-hybridized carbons (Fsp3) is 0.733. The Morgan fingerprint density at radius 3 is 2.90 bits per heavy atom. The molecule has 1 aromatic rings. The molecule has 6 nitrogen and oxygen atoms in total. The molecule has 116 valence electrons. The summed E-state index contributed by atoms with van der Waals surface area (Å²) in [5, 5.41) is 16.9. The van der Waals surface area contributed by atoms with Crippen LogP contribution in [-0.4, -0.2) is 51.4 Å². The van der Waals surface area contributed by atoms with Gasteiger partial charge < -0.3 is 10.4 Å². The molecule has 2 heterocycles. The molecule has 1 saturated carbocycles. The van der Waals surface area contributed by atoms with Gasteiger partial charge >= 0.3 is 0 Å². The number of carbonyl (C=O) groups is 1. The maximum absolute atomic E-state index is 11.9. The number of aromatic nitrogens is 2. The summed E-state index contributed by atoms with van der Waals surface area (Å²) >= 11 is 0. The molecule has 1 aliphatic heterocycles. The lowest BCUT2D eigenvalue weighted by Gasteiger charge is -2.17. The Labute approximate surface area is 125 Å². The van der Waals surface area contributed by atoms with Crippen LogP contribution in [0.5, 0.6) is 0 Å². The monoisotopic (exact) mass is 292 g/mol. The minimum atomic E-state index is 0.0734. The van der Waals surface area contributed by atoms with Gasteiger partial charge in [0.2, 0.25) is 5.91 Å². The van der Waals surface area contributed by atoms with Crippen molar-refractivity contribution < 1.29 is 9.90 Å². The average Bonchev–Trinajstić information content (AvgIpc) is 3.13. The minimum Gasteiger partial charge on any atom is -0.396 e. The molecule has 21 heavy (non-hydrogen) atoms. The number of amides is 1. The first-order valence-corrected chi connectivity index (χ1v) is 7.84. The van der Waals surface area contributed by atoms with Crippen molar-refractivity contribution in [3.63, 3.8) is 0 Å². The van der Waals surface area contributed by atoms with Crippen LogP contribution in [0.4, 0.5) is 0 Å². The summed E-state index contributed by atoms with van der Waals surface area (Å²) < 4.78 is 1.92. The van der Waals surface area contributed by atoms with Gasteiger partial charge in [-0.3, -0.25) is 14.4 Å². The maximum Gasteiger partial charge on any atom is 0.223 e. The lowest BCUT2D eigenvalue weighted by molar-refractivity contribution is -0.123. The molecule has 0 aromatic carbocycles. The molecule has 1 amide bonds. The number of hydrogen-bond acceptors (Lipinski definition) is 4. The smallest absolute Gasteiger partial charge is 0.223 e. The second-order valence-electron chi connectivity index (χ2n) is 6.23.